The van der Waals surface area contributed by atoms with Gasteiger partial charge in [0.15, 0.2) is 0 Å². The topological polar surface area (TPSA) is 60.3 Å². The van der Waals surface area contributed by atoms with Gasteiger partial charge in [0.05, 0.1) is 0 Å². The van der Waals surface area contributed by atoms with Crippen LogP contribution in [0.1, 0.15) is 35.7 Å². The number of nitrogens with zero attached hydrogens (tertiary/aromatic N) is 3. The molecule has 0 spiro atoms. The number of likely N-dealkylation sites (tertiary alicyclic amines) is 1. The highest BCUT2D eigenvalue weighted by Crippen LogP contribution is 2.48. The highest BCUT2D eigenvalue weighted by atomic mass is 35.5. The number of nitrogens with one attached hydrogen (secondary N) is 1. The molecule has 1 aromatic rings. The fraction of sp³-hybridized carbons (Fsp3) is 0.526. The minimum atomic E-state index is -2.57. The van der Waals surface area contributed by atoms with Gasteiger partial charge in [-0.1, -0.05) is 11.6 Å². The molecule has 0 bridgehead atoms. The summed E-state index contributed by atoms with van der Waals surface area (Å²) in [6.07, 6.45) is 2.64. The maximum Gasteiger partial charge on any atom is 0.254 e. The van der Waals surface area contributed by atoms with Crippen LogP contribution >= 0.6 is 11.6 Å². The molecule has 0 aromatic carbocycles. The third-order valence-electron chi connectivity index (χ3n) is 5.86. The van der Waals surface area contributed by atoms with Crippen molar-refractivity contribution in [3.63, 3.8) is 0 Å². The highest BCUT2D eigenvalue weighted by Gasteiger charge is 2.46. The van der Waals surface area contributed by atoms with Gasteiger partial charge in [-0.15, -0.1) is 0 Å². The minimum Gasteiger partial charge on any atom is -0.374 e. The molecule has 2 atom stereocenters. The second-order valence-corrected chi connectivity index (χ2v) is 7.89. The van der Waals surface area contributed by atoms with Gasteiger partial charge < -0.3 is 15.2 Å². The summed E-state index contributed by atoms with van der Waals surface area (Å²) < 4.78 is 26.8. The summed E-state index contributed by atoms with van der Waals surface area (Å²) in [4.78, 5) is 20.4. The summed E-state index contributed by atoms with van der Waals surface area (Å²) in [5.74, 6) is -2.78. The largest absolute Gasteiger partial charge is 0.374 e. The molecule has 1 N–H and O–H groups in total. The van der Waals surface area contributed by atoms with E-state index in [1.165, 1.54) is 12.4 Å². The van der Waals surface area contributed by atoms with E-state index in [0.717, 1.165) is 16.8 Å². The quantitative estimate of drug-likeness (QED) is 0.613. The summed E-state index contributed by atoms with van der Waals surface area (Å²) in [5.41, 5.74) is 3.50. The maximum atomic E-state index is 13.4. The maximum absolute atomic E-state index is 13.4. The van der Waals surface area contributed by atoms with Crippen LogP contribution in [0.3, 0.4) is 0 Å². The minimum absolute atomic E-state index is 0.0549. The van der Waals surface area contributed by atoms with Crippen LogP contribution in [-0.4, -0.2) is 52.5 Å². The van der Waals surface area contributed by atoms with Gasteiger partial charge in [-0.3, -0.25) is 4.79 Å². The van der Waals surface area contributed by atoms with E-state index in [4.69, 9.17) is 17.0 Å². The molecule has 3 aliphatic rings. The van der Waals surface area contributed by atoms with E-state index in [1.54, 1.807) is 11.0 Å². The lowest BCUT2D eigenvalue weighted by atomic mass is 9.99. The second kappa shape index (κ2) is 6.55. The standard InChI is InChI=1S/C19H21ClF2N4O/c1-11-15(16(11)25-6-3-19(21,22)4-7-25)12(8-23)9-26-10-14-13(18(26)27)2-5-24-17(14)20/h2,5,8,12,15,23H,3-4,6-7,9-10H2,1H3. The van der Waals surface area contributed by atoms with Crippen molar-refractivity contribution in [2.24, 2.45) is 11.8 Å². The molecular weight excluding hydrogens is 374 g/mol. The Morgan fingerprint density at radius 1 is 1.44 bits per heavy atom. The van der Waals surface area contributed by atoms with Crippen LogP contribution in [0.5, 0.6) is 0 Å². The number of allylic oxidation sites excluding steroid dienone is 2. The van der Waals surface area contributed by atoms with Crippen molar-refractivity contribution in [2.75, 3.05) is 19.6 Å². The molecule has 144 valence electrons. The van der Waals surface area contributed by atoms with Crippen LogP contribution in [0.2, 0.25) is 5.15 Å². The van der Waals surface area contributed by atoms with Gasteiger partial charge in [-0.2, -0.15) is 0 Å². The first-order chi connectivity index (χ1) is 12.8. The highest BCUT2D eigenvalue weighted by molar-refractivity contribution is 6.30. The second-order valence-electron chi connectivity index (χ2n) is 7.53. The lowest BCUT2D eigenvalue weighted by Crippen LogP contribution is -2.38. The van der Waals surface area contributed by atoms with E-state index >= 15 is 0 Å². The number of hydrogen-bond acceptors (Lipinski definition) is 4. The average molecular weight is 395 g/mol. The summed E-state index contributed by atoms with van der Waals surface area (Å²) in [7, 11) is 0. The van der Waals surface area contributed by atoms with Gasteiger partial charge in [0.25, 0.3) is 11.8 Å². The number of alkyl halides is 2. The molecule has 4 rings (SSSR count). The third-order valence-corrected chi connectivity index (χ3v) is 6.19. The first-order valence-electron chi connectivity index (χ1n) is 9.09. The van der Waals surface area contributed by atoms with E-state index in [1.807, 2.05) is 11.8 Å². The smallest absolute Gasteiger partial charge is 0.254 e. The van der Waals surface area contributed by atoms with Crippen molar-refractivity contribution < 1.29 is 13.6 Å². The van der Waals surface area contributed by atoms with E-state index < -0.39 is 5.92 Å². The van der Waals surface area contributed by atoms with Crippen molar-refractivity contribution >= 4 is 23.7 Å². The first-order valence-corrected chi connectivity index (χ1v) is 9.47. The Balaban J connectivity index is 1.42. The van der Waals surface area contributed by atoms with Crippen LogP contribution in [0, 0.1) is 17.2 Å². The Labute approximate surface area is 161 Å². The normalized spacial score (nSPS) is 24.9. The van der Waals surface area contributed by atoms with Crippen LogP contribution in [0.15, 0.2) is 23.5 Å². The van der Waals surface area contributed by atoms with Gasteiger partial charge >= 0.3 is 0 Å². The summed E-state index contributed by atoms with van der Waals surface area (Å²) in [6.45, 7) is 3.47. The third kappa shape index (κ3) is 3.22. The first kappa shape index (κ1) is 18.3. The van der Waals surface area contributed by atoms with E-state index in [-0.39, 0.29) is 30.6 Å². The zero-order valence-electron chi connectivity index (χ0n) is 15.0. The SMILES string of the molecule is CC1=C(N2CCC(F)(F)CC2)C1C(C=N)CN1Cc2c(ccnc2Cl)C1=O. The van der Waals surface area contributed by atoms with Crippen molar-refractivity contribution in [3.05, 3.63) is 39.8 Å². The number of halogens is 3. The molecule has 1 fully saturated rings. The molecule has 2 aliphatic heterocycles. The fourth-order valence-corrected chi connectivity index (χ4v) is 4.51. The molecule has 2 unspecified atom stereocenters. The fourth-order valence-electron chi connectivity index (χ4n) is 4.29. The molecule has 1 aliphatic carbocycles. The summed E-state index contributed by atoms with van der Waals surface area (Å²) >= 11 is 6.11. The lowest BCUT2D eigenvalue weighted by molar-refractivity contribution is -0.0488. The number of rotatable bonds is 5. The predicted molar refractivity (Wildman–Crippen MR) is 98.2 cm³/mol. The molecule has 1 saturated heterocycles. The number of piperidine rings is 1. The van der Waals surface area contributed by atoms with Crippen molar-refractivity contribution in [1.82, 2.24) is 14.8 Å². The zero-order chi connectivity index (χ0) is 19.3. The summed E-state index contributed by atoms with van der Waals surface area (Å²) in [5, 5.41) is 8.19. The Kier molecular flexibility index (Phi) is 4.45. The van der Waals surface area contributed by atoms with Gasteiger partial charge in [0, 0.05) is 80.1 Å². The predicted octanol–water partition coefficient (Wildman–Crippen LogP) is 3.59. The molecule has 27 heavy (non-hydrogen) atoms. The number of fused-ring (bicyclic) bond motifs is 1. The van der Waals surface area contributed by atoms with Crippen molar-refractivity contribution in [3.8, 4) is 0 Å². The zero-order valence-corrected chi connectivity index (χ0v) is 15.8. The molecule has 0 radical (unpaired) electrons. The Hall–Kier alpha value is -2.02. The van der Waals surface area contributed by atoms with Crippen LogP contribution in [-0.2, 0) is 6.54 Å². The van der Waals surface area contributed by atoms with Crippen LogP contribution in [0.25, 0.3) is 0 Å². The molecule has 8 heteroatoms. The number of amides is 1. The number of carbonyl (C=O) groups excluding carboxylic acids is 1. The molecule has 1 aromatic heterocycles. The van der Waals surface area contributed by atoms with Crippen LogP contribution in [0.4, 0.5) is 8.78 Å². The van der Waals surface area contributed by atoms with Gasteiger partial charge in [-0.25, -0.2) is 13.8 Å². The van der Waals surface area contributed by atoms with Gasteiger partial charge in [-0.05, 0) is 18.6 Å². The van der Waals surface area contributed by atoms with E-state index in [0.29, 0.717) is 36.9 Å². The Bertz CT molecular complexity index is 831. The summed E-state index contributed by atoms with van der Waals surface area (Å²) in [6, 6.07) is 1.67. The molecule has 5 nitrogen and oxygen atoms in total. The van der Waals surface area contributed by atoms with Gasteiger partial charge in [0.2, 0.25) is 0 Å². The molecular formula is C19H21ClF2N4O. The van der Waals surface area contributed by atoms with Gasteiger partial charge in [0.1, 0.15) is 5.15 Å². The molecule has 0 saturated carbocycles. The molecule has 3 heterocycles. The average Bonchev–Trinajstić information content (AvgIpc) is 3.18. The van der Waals surface area contributed by atoms with Crippen LogP contribution < -0.4 is 0 Å². The van der Waals surface area contributed by atoms with E-state index in [2.05, 4.69) is 4.98 Å². The lowest BCUT2D eigenvalue weighted by Gasteiger charge is -2.33. The number of carbonyl (C=O) groups is 1. The number of aromatic nitrogens is 1. The van der Waals surface area contributed by atoms with Crippen molar-refractivity contribution in [2.45, 2.75) is 32.2 Å². The monoisotopic (exact) mass is 394 g/mol. The number of hydrogen-bond donors (Lipinski definition) is 1. The molecule has 1 amide bonds. The number of pyridine rings is 1. The Morgan fingerprint density at radius 3 is 2.78 bits per heavy atom. The van der Waals surface area contributed by atoms with E-state index in [9.17, 15) is 13.6 Å². The van der Waals surface area contributed by atoms with Crippen molar-refractivity contribution in [1.29, 1.82) is 5.41 Å². The Morgan fingerprint density at radius 2 is 2.15 bits per heavy atom.